The van der Waals surface area contributed by atoms with Gasteiger partial charge < -0.3 is 0 Å². The van der Waals surface area contributed by atoms with E-state index in [1.807, 2.05) is 13.0 Å². The Labute approximate surface area is 112 Å². The Kier molecular flexibility index (Phi) is 3.93. The van der Waals surface area contributed by atoms with E-state index in [9.17, 15) is 10.1 Å². The lowest BCUT2D eigenvalue weighted by Gasteiger charge is -2.01. The summed E-state index contributed by atoms with van der Waals surface area (Å²) in [5.41, 5.74) is 1.90. The smallest absolute Gasteiger partial charge is 0.258 e. The van der Waals surface area contributed by atoms with E-state index in [1.165, 1.54) is 0 Å². The van der Waals surface area contributed by atoms with Crippen LogP contribution in [0.1, 0.15) is 16.1 Å². The van der Waals surface area contributed by atoms with Crippen molar-refractivity contribution in [3.8, 4) is 0 Å². The topological polar surface area (TPSA) is 68.9 Å². The summed E-state index contributed by atoms with van der Waals surface area (Å²) in [5.74, 6) is 0.744. The summed E-state index contributed by atoms with van der Waals surface area (Å²) in [6, 6.07) is 5.18. The van der Waals surface area contributed by atoms with E-state index >= 15 is 0 Å². The number of aromatic nitrogens is 2. The van der Waals surface area contributed by atoms with Crippen molar-refractivity contribution in [2.75, 3.05) is 0 Å². The SMILES string of the molecule is Cc1nnc(SCc2ccc([N+](=O)[O-])c(C)c2)s1. The first kappa shape index (κ1) is 13.0. The fourth-order valence-electron chi connectivity index (χ4n) is 1.49. The molecule has 0 saturated heterocycles. The van der Waals surface area contributed by atoms with Crippen molar-refractivity contribution in [1.82, 2.24) is 10.2 Å². The second-order valence-electron chi connectivity index (χ2n) is 3.75. The van der Waals surface area contributed by atoms with E-state index in [0.29, 0.717) is 5.56 Å². The molecule has 0 N–H and O–H groups in total. The van der Waals surface area contributed by atoms with Crippen molar-refractivity contribution in [2.45, 2.75) is 23.9 Å². The molecule has 0 radical (unpaired) electrons. The van der Waals surface area contributed by atoms with E-state index in [2.05, 4.69) is 10.2 Å². The average molecular weight is 281 g/mol. The predicted molar refractivity (Wildman–Crippen MR) is 72.0 cm³/mol. The van der Waals surface area contributed by atoms with E-state index < -0.39 is 0 Å². The highest BCUT2D eigenvalue weighted by Crippen LogP contribution is 2.27. The largest absolute Gasteiger partial charge is 0.272 e. The maximum Gasteiger partial charge on any atom is 0.272 e. The third-order valence-corrected chi connectivity index (χ3v) is 4.37. The van der Waals surface area contributed by atoms with Gasteiger partial charge in [-0.15, -0.1) is 10.2 Å². The molecule has 18 heavy (non-hydrogen) atoms. The number of thioether (sulfide) groups is 1. The van der Waals surface area contributed by atoms with Crippen molar-refractivity contribution >= 4 is 28.8 Å². The molecular formula is C11H11N3O2S2. The second kappa shape index (κ2) is 5.45. The zero-order valence-corrected chi connectivity index (χ0v) is 11.5. The van der Waals surface area contributed by atoms with Crippen molar-refractivity contribution < 1.29 is 4.92 Å². The lowest BCUT2D eigenvalue weighted by molar-refractivity contribution is -0.385. The zero-order valence-electron chi connectivity index (χ0n) is 9.91. The summed E-state index contributed by atoms with van der Waals surface area (Å²) in [6.07, 6.45) is 0. The van der Waals surface area contributed by atoms with Gasteiger partial charge in [-0.3, -0.25) is 10.1 Å². The first-order chi connectivity index (χ1) is 8.56. The molecule has 0 unspecified atom stereocenters. The average Bonchev–Trinajstić information content (AvgIpc) is 2.72. The van der Waals surface area contributed by atoms with Gasteiger partial charge in [-0.1, -0.05) is 29.2 Å². The number of aryl methyl sites for hydroxylation is 2. The molecular weight excluding hydrogens is 270 g/mol. The number of benzene rings is 1. The van der Waals surface area contributed by atoms with Gasteiger partial charge in [0.15, 0.2) is 4.34 Å². The molecule has 2 aromatic rings. The van der Waals surface area contributed by atoms with Gasteiger partial charge >= 0.3 is 0 Å². The molecule has 0 aliphatic heterocycles. The molecule has 2 rings (SSSR count). The highest BCUT2D eigenvalue weighted by molar-refractivity contribution is 8.00. The van der Waals surface area contributed by atoms with Gasteiger partial charge in [-0.25, -0.2) is 0 Å². The lowest BCUT2D eigenvalue weighted by Crippen LogP contribution is -1.92. The van der Waals surface area contributed by atoms with Crippen LogP contribution < -0.4 is 0 Å². The van der Waals surface area contributed by atoms with Gasteiger partial charge in [0.05, 0.1) is 4.92 Å². The Morgan fingerprint density at radius 2 is 2.17 bits per heavy atom. The normalized spacial score (nSPS) is 10.6. The predicted octanol–water partition coefficient (Wildman–Crippen LogP) is 3.36. The summed E-state index contributed by atoms with van der Waals surface area (Å²) < 4.78 is 0.920. The molecule has 0 saturated carbocycles. The van der Waals surface area contributed by atoms with Crippen LogP contribution in [0, 0.1) is 24.0 Å². The standard InChI is InChI=1S/C11H11N3O2S2/c1-7-5-9(3-4-10(7)14(15)16)6-17-11-13-12-8(2)18-11/h3-5H,6H2,1-2H3. The first-order valence-corrected chi connectivity index (χ1v) is 7.03. The Hall–Kier alpha value is -1.47. The van der Waals surface area contributed by atoms with Gasteiger partial charge in [0.1, 0.15) is 5.01 Å². The first-order valence-electron chi connectivity index (χ1n) is 5.23. The third kappa shape index (κ3) is 3.05. The molecule has 1 aromatic heterocycles. The minimum atomic E-state index is -0.361. The van der Waals surface area contributed by atoms with Crippen LogP contribution in [0.5, 0.6) is 0 Å². The molecule has 0 bridgehead atoms. The van der Waals surface area contributed by atoms with Crippen LogP contribution >= 0.6 is 23.1 Å². The van der Waals surface area contributed by atoms with Gasteiger partial charge in [-0.05, 0) is 25.5 Å². The fourth-order valence-corrected chi connectivity index (χ4v) is 3.25. The second-order valence-corrected chi connectivity index (χ2v) is 6.16. The van der Waals surface area contributed by atoms with Crippen LogP contribution in [0.4, 0.5) is 5.69 Å². The molecule has 1 aromatic carbocycles. The number of nitro groups is 1. The highest BCUT2D eigenvalue weighted by atomic mass is 32.2. The molecule has 0 amide bonds. The third-order valence-electron chi connectivity index (χ3n) is 2.33. The van der Waals surface area contributed by atoms with Crippen LogP contribution in [0.15, 0.2) is 22.5 Å². The minimum Gasteiger partial charge on any atom is -0.258 e. The molecule has 0 spiro atoms. The molecule has 0 fully saturated rings. The molecule has 7 heteroatoms. The van der Waals surface area contributed by atoms with Crippen molar-refractivity contribution in [3.05, 3.63) is 44.4 Å². The monoisotopic (exact) mass is 281 g/mol. The van der Waals surface area contributed by atoms with E-state index in [1.54, 1.807) is 42.2 Å². The van der Waals surface area contributed by atoms with Crippen molar-refractivity contribution in [2.24, 2.45) is 0 Å². The molecule has 1 heterocycles. The lowest BCUT2D eigenvalue weighted by atomic mass is 10.1. The summed E-state index contributed by atoms with van der Waals surface area (Å²) in [7, 11) is 0. The van der Waals surface area contributed by atoms with Crippen LogP contribution in [0.25, 0.3) is 0 Å². The van der Waals surface area contributed by atoms with Crippen molar-refractivity contribution in [3.63, 3.8) is 0 Å². The zero-order chi connectivity index (χ0) is 13.1. The minimum absolute atomic E-state index is 0.163. The number of nitrogens with zero attached hydrogens (tertiary/aromatic N) is 3. The van der Waals surface area contributed by atoms with Crippen LogP contribution in [-0.4, -0.2) is 15.1 Å². The fraction of sp³-hybridized carbons (Fsp3) is 0.273. The molecule has 5 nitrogen and oxygen atoms in total. The van der Waals surface area contributed by atoms with E-state index in [0.717, 1.165) is 20.7 Å². The molecule has 94 valence electrons. The van der Waals surface area contributed by atoms with Gasteiger partial charge in [0.2, 0.25) is 0 Å². The Morgan fingerprint density at radius 1 is 1.39 bits per heavy atom. The Balaban J connectivity index is 2.06. The Bertz CT molecular complexity index is 583. The summed E-state index contributed by atoms with van der Waals surface area (Å²) in [6.45, 7) is 3.67. The van der Waals surface area contributed by atoms with E-state index in [-0.39, 0.29) is 10.6 Å². The molecule has 0 aliphatic carbocycles. The van der Waals surface area contributed by atoms with Crippen molar-refractivity contribution in [1.29, 1.82) is 0 Å². The number of rotatable bonds is 4. The maximum absolute atomic E-state index is 10.7. The quantitative estimate of drug-likeness (QED) is 0.488. The maximum atomic E-state index is 10.7. The number of nitro benzene ring substituents is 1. The van der Waals surface area contributed by atoms with Gasteiger partial charge in [0, 0.05) is 17.4 Å². The van der Waals surface area contributed by atoms with Crippen LogP contribution in [0.2, 0.25) is 0 Å². The Morgan fingerprint density at radius 3 is 2.72 bits per heavy atom. The number of hydrogen-bond acceptors (Lipinski definition) is 6. The summed E-state index contributed by atoms with van der Waals surface area (Å²) in [4.78, 5) is 10.3. The summed E-state index contributed by atoms with van der Waals surface area (Å²) >= 11 is 3.14. The van der Waals surface area contributed by atoms with Crippen LogP contribution in [-0.2, 0) is 5.75 Å². The highest BCUT2D eigenvalue weighted by Gasteiger charge is 2.10. The molecule has 0 atom stereocenters. The van der Waals surface area contributed by atoms with Crippen LogP contribution in [0.3, 0.4) is 0 Å². The van der Waals surface area contributed by atoms with Gasteiger partial charge in [-0.2, -0.15) is 0 Å². The summed E-state index contributed by atoms with van der Waals surface area (Å²) in [5, 5.41) is 19.6. The van der Waals surface area contributed by atoms with Gasteiger partial charge in [0.25, 0.3) is 5.69 Å². The number of hydrogen-bond donors (Lipinski definition) is 0. The van der Waals surface area contributed by atoms with E-state index in [4.69, 9.17) is 0 Å². The molecule has 0 aliphatic rings.